The van der Waals surface area contributed by atoms with Crippen molar-refractivity contribution >= 4 is 11.8 Å². The lowest BCUT2D eigenvalue weighted by molar-refractivity contribution is -0.125. The molecule has 2 amide bonds. The molecule has 0 saturated heterocycles. The van der Waals surface area contributed by atoms with Crippen LogP contribution in [-0.4, -0.2) is 39.4 Å². The van der Waals surface area contributed by atoms with Crippen molar-refractivity contribution in [2.24, 2.45) is 0 Å². The fourth-order valence-electron chi connectivity index (χ4n) is 3.21. The van der Waals surface area contributed by atoms with E-state index in [1.165, 1.54) is 0 Å². The van der Waals surface area contributed by atoms with Gasteiger partial charge in [0.05, 0.1) is 6.33 Å². The lowest BCUT2D eigenvalue weighted by Crippen LogP contribution is -2.40. The second-order valence-electron chi connectivity index (χ2n) is 6.29. The summed E-state index contributed by atoms with van der Waals surface area (Å²) in [6, 6.07) is 6.89. The van der Waals surface area contributed by atoms with Crippen LogP contribution < -0.4 is 5.32 Å². The second-order valence-corrected chi connectivity index (χ2v) is 6.29. The maximum atomic E-state index is 12.8. The molecule has 1 aromatic carbocycles. The van der Waals surface area contributed by atoms with Crippen molar-refractivity contribution in [3.05, 3.63) is 54.1 Å². The van der Waals surface area contributed by atoms with E-state index in [-0.39, 0.29) is 11.8 Å². The molecule has 0 radical (unpaired) electrons. The van der Waals surface area contributed by atoms with Crippen molar-refractivity contribution in [2.75, 3.05) is 13.1 Å². The number of hydrogen-bond acceptors (Lipinski definition) is 3. The Hall–Kier alpha value is -2.63. The van der Waals surface area contributed by atoms with Crippen LogP contribution in [-0.2, 0) is 11.3 Å². The fourth-order valence-corrected chi connectivity index (χ4v) is 3.21. The largest absolute Gasteiger partial charge is 0.354 e. The lowest BCUT2D eigenvalue weighted by atomic mass is 10.0. The number of unbranched alkanes of at least 4 members (excludes halogenated alkanes) is 1. The summed E-state index contributed by atoms with van der Waals surface area (Å²) in [5, 5.41) is 2.97. The highest BCUT2D eigenvalue weighted by Crippen LogP contribution is 2.33. The number of nitrogens with zero attached hydrogens (tertiary/aromatic N) is 3. The standard InChI is InChI=1S/C19H24N4O2/c1-2-3-9-21-18(24)17-15-7-4-5-8-16(15)19(25)23(17)12-6-11-22-13-10-20-14-22/h4-5,7-8,10,13-14,17H,2-3,6,9,11-12H2,1H3,(H,21,24). The number of aromatic nitrogens is 2. The molecule has 1 aliphatic rings. The van der Waals surface area contributed by atoms with E-state index in [1.54, 1.807) is 23.5 Å². The smallest absolute Gasteiger partial charge is 0.255 e. The Kier molecular flexibility index (Phi) is 5.48. The molecule has 1 unspecified atom stereocenters. The average Bonchev–Trinajstić information content (AvgIpc) is 3.23. The first-order valence-electron chi connectivity index (χ1n) is 8.85. The predicted molar refractivity (Wildman–Crippen MR) is 95.0 cm³/mol. The molecule has 25 heavy (non-hydrogen) atoms. The Morgan fingerprint density at radius 2 is 2.08 bits per heavy atom. The van der Waals surface area contributed by atoms with Gasteiger partial charge in [-0.25, -0.2) is 4.98 Å². The number of benzene rings is 1. The molecular weight excluding hydrogens is 316 g/mol. The van der Waals surface area contributed by atoms with Crippen LogP contribution >= 0.6 is 0 Å². The normalized spacial score (nSPS) is 16.1. The van der Waals surface area contributed by atoms with Crippen molar-refractivity contribution in [1.29, 1.82) is 0 Å². The number of carbonyl (C=O) groups excluding carboxylic acids is 2. The molecule has 1 atom stereocenters. The molecule has 0 saturated carbocycles. The molecule has 1 N–H and O–H groups in total. The second kappa shape index (κ2) is 7.96. The van der Waals surface area contributed by atoms with Crippen LogP contribution in [0.15, 0.2) is 43.0 Å². The van der Waals surface area contributed by atoms with Gasteiger partial charge in [0.2, 0.25) is 5.91 Å². The van der Waals surface area contributed by atoms with Gasteiger partial charge in [0.1, 0.15) is 6.04 Å². The predicted octanol–water partition coefficient (Wildman–Crippen LogP) is 2.39. The van der Waals surface area contributed by atoms with E-state index in [2.05, 4.69) is 17.2 Å². The van der Waals surface area contributed by atoms with Gasteiger partial charge in [-0.05, 0) is 24.5 Å². The van der Waals surface area contributed by atoms with Crippen LogP contribution in [0.3, 0.4) is 0 Å². The summed E-state index contributed by atoms with van der Waals surface area (Å²) < 4.78 is 1.98. The Balaban J connectivity index is 1.72. The summed E-state index contributed by atoms with van der Waals surface area (Å²) in [7, 11) is 0. The molecule has 0 bridgehead atoms. The molecule has 0 aliphatic carbocycles. The first kappa shape index (κ1) is 17.2. The number of amides is 2. The Bertz CT molecular complexity index is 727. The molecule has 3 rings (SSSR count). The highest BCUT2D eigenvalue weighted by Gasteiger charge is 2.40. The van der Waals surface area contributed by atoms with Gasteiger partial charge in [-0.3, -0.25) is 9.59 Å². The van der Waals surface area contributed by atoms with Crippen LogP contribution in [0.2, 0.25) is 0 Å². The summed E-state index contributed by atoms with van der Waals surface area (Å²) in [6.07, 6.45) is 8.13. The molecule has 6 heteroatoms. The van der Waals surface area contributed by atoms with E-state index in [0.29, 0.717) is 18.7 Å². The van der Waals surface area contributed by atoms with E-state index in [4.69, 9.17) is 0 Å². The van der Waals surface area contributed by atoms with Gasteiger partial charge in [-0.15, -0.1) is 0 Å². The summed E-state index contributed by atoms with van der Waals surface area (Å²) in [6.45, 7) is 4.04. The topological polar surface area (TPSA) is 67.2 Å². The molecule has 132 valence electrons. The number of carbonyl (C=O) groups is 2. The first-order chi connectivity index (χ1) is 12.2. The van der Waals surface area contributed by atoms with Crippen LogP contribution in [0.25, 0.3) is 0 Å². The van der Waals surface area contributed by atoms with Crippen LogP contribution in [0.4, 0.5) is 0 Å². The van der Waals surface area contributed by atoms with E-state index in [0.717, 1.165) is 31.4 Å². The summed E-state index contributed by atoms with van der Waals surface area (Å²) >= 11 is 0. The van der Waals surface area contributed by atoms with E-state index in [9.17, 15) is 9.59 Å². The number of nitrogens with one attached hydrogen (secondary N) is 1. The quantitative estimate of drug-likeness (QED) is 0.750. The van der Waals surface area contributed by atoms with E-state index >= 15 is 0 Å². The molecule has 2 heterocycles. The van der Waals surface area contributed by atoms with Gasteiger partial charge < -0.3 is 14.8 Å². The zero-order chi connectivity index (χ0) is 17.6. The Morgan fingerprint density at radius 3 is 2.84 bits per heavy atom. The number of hydrogen-bond donors (Lipinski definition) is 1. The Labute approximate surface area is 147 Å². The average molecular weight is 340 g/mol. The third-order valence-electron chi connectivity index (χ3n) is 4.51. The molecule has 0 fully saturated rings. The van der Waals surface area contributed by atoms with Crippen LogP contribution in [0, 0.1) is 0 Å². The SMILES string of the molecule is CCCCNC(=O)C1c2ccccc2C(=O)N1CCCn1ccnc1. The maximum absolute atomic E-state index is 12.8. The first-order valence-corrected chi connectivity index (χ1v) is 8.85. The number of aryl methyl sites for hydroxylation is 1. The minimum Gasteiger partial charge on any atom is -0.354 e. The van der Waals surface area contributed by atoms with E-state index < -0.39 is 6.04 Å². The van der Waals surface area contributed by atoms with Crippen LogP contribution in [0.5, 0.6) is 0 Å². The number of rotatable bonds is 8. The molecular formula is C19H24N4O2. The van der Waals surface area contributed by atoms with Crippen molar-refractivity contribution in [1.82, 2.24) is 19.8 Å². The lowest BCUT2D eigenvalue weighted by Gasteiger charge is -2.24. The van der Waals surface area contributed by atoms with Gasteiger partial charge in [-0.1, -0.05) is 31.5 Å². The van der Waals surface area contributed by atoms with Crippen molar-refractivity contribution in [3.63, 3.8) is 0 Å². The minimum atomic E-state index is -0.525. The molecule has 1 aromatic heterocycles. The third kappa shape index (κ3) is 3.73. The Morgan fingerprint density at radius 1 is 1.24 bits per heavy atom. The zero-order valence-corrected chi connectivity index (χ0v) is 14.5. The maximum Gasteiger partial charge on any atom is 0.255 e. The fraction of sp³-hybridized carbons (Fsp3) is 0.421. The van der Waals surface area contributed by atoms with Crippen molar-refractivity contribution < 1.29 is 9.59 Å². The molecule has 2 aromatic rings. The van der Waals surface area contributed by atoms with Crippen molar-refractivity contribution in [2.45, 2.75) is 38.8 Å². The monoisotopic (exact) mass is 340 g/mol. The highest BCUT2D eigenvalue weighted by molar-refractivity contribution is 6.04. The molecule has 0 spiro atoms. The number of imidazole rings is 1. The summed E-state index contributed by atoms with van der Waals surface area (Å²) in [4.78, 5) is 31.2. The van der Waals surface area contributed by atoms with E-state index in [1.807, 2.05) is 29.0 Å². The van der Waals surface area contributed by atoms with Gasteiger partial charge in [-0.2, -0.15) is 0 Å². The minimum absolute atomic E-state index is 0.0585. The molecule has 6 nitrogen and oxygen atoms in total. The van der Waals surface area contributed by atoms with Gasteiger partial charge in [0.25, 0.3) is 5.91 Å². The van der Waals surface area contributed by atoms with Crippen molar-refractivity contribution in [3.8, 4) is 0 Å². The number of fused-ring (bicyclic) bond motifs is 1. The highest BCUT2D eigenvalue weighted by atomic mass is 16.2. The third-order valence-corrected chi connectivity index (χ3v) is 4.51. The van der Waals surface area contributed by atoms with Gasteiger partial charge in [0, 0.05) is 37.6 Å². The summed E-state index contributed by atoms with van der Waals surface area (Å²) in [5.41, 5.74) is 1.45. The molecule has 1 aliphatic heterocycles. The van der Waals surface area contributed by atoms with Crippen LogP contribution in [0.1, 0.15) is 48.1 Å². The van der Waals surface area contributed by atoms with Gasteiger partial charge >= 0.3 is 0 Å². The zero-order valence-electron chi connectivity index (χ0n) is 14.5. The summed E-state index contributed by atoms with van der Waals surface area (Å²) in [5.74, 6) is -0.147. The van der Waals surface area contributed by atoms with Gasteiger partial charge in [0.15, 0.2) is 0 Å².